The van der Waals surface area contributed by atoms with E-state index in [1.54, 1.807) is 0 Å². The van der Waals surface area contributed by atoms with Gasteiger partial charge in [-0.15, -0.1) is 5.10 Å². The van der Waals surface area contributed by atoms with Crippen LogP contribution in [0.4, 0.5) is 0 Å². The Morgan fingerprint density at radius 3 is 2.78 bits per heavy atom. The Hall–Kier alpha value is -1.68. The van der Waals surface area contributed by atoms with Crippen molar-refractivity contribution in [2.45, 2.75) is 38.7 Å². The molecule has 18 heavy (non-hydrogen) atoms. The van der Waals surface area contributed by atoms with Gasteiger partial charge in [0.25, 0.3) is 0 Å². The molecular weight excluding hydrogens is 226 g/mol. The fourth-order valence-electron chi connectivity index (χ4n) is 2.39. The Morgan fingerprint density at radius 1 is 1.33 bits per heavy atom. The van der Waals surface area contributed by atoms with Crippen molar-refractivity contribution in [3.8, 4) is 5.69 Å². The topological polar surface area (TPSA) is 50.9 Å². The summed E-state index contributed by atoms with van der Waals surface area (Å²) >= 11 is 0. The van der Waals surface area contributed by atoms with Crippen LogP contribution in [0.2, 0.25) is 0 Å². The van der Waals surface area contributed by atoms with Crippen LogP contribution in [0.25, 0.3) is 5.69 Å². The number of hydrogen-bond acceptors (Lipinski definition) is 3. The lowest BCUT2D eigenvalue weighted by Gasteiger charge is -2.10. The predicted molar refractivity (Wildman–Crippen MR) is 68.6 cm³/mol. The minimum atomic E-state index is -0.0277. The fourth-order valence-corrected chi connectivity index (χ4v) is 2.39. The molecule has 0 unspecified atom stereocenters. The molecule has 0 aliphatic heterocycles. The molecule has 94 valence electrons. The van der Waals surface area contributed by atoms with Gasteiger partial charge in [-0.3, -0.25) is 0 Å². The summed E-state index contributed by atoms with van der Waals surface area (Å²) in [5.74, 6) is 0.520. The lowest BCUT2D eigenvalue weighted by atomic mass is 10.1. The third kappa shape index (κ3) is 1.82. The van der Waals surface area contributed by atoms with Crippen molar-refractivity contribution in [3.63, 3.8) is 0 Å². The van der Waals surface area contributed by atoms with E-state index in [2.05, 4.69) is 29.4 Å². The molecule has 1 saturated carbocycles. The monoisotopic (exact) mass is 243 g/mol. The predicted octanol–water partition coefficient (Wildman–Crippen LogP) is 2.20. The molecule has 0 spiro atoms. The molecule has 1 aliphatic carbocycles. The molecule has 2 aromatic rings. The highest BCUT2D eigenvalue weighted by atomic mass is 16.3. The first-order valence-electron chi connectivity index (χ1n) is 6.48. The summed E-state index contributed by atoms with van der Waals surface area (Å²) in [5, 5.41) is 17.7. The van der Waals surface area contributed by atoms with Crippen LogP contribution in [0, 0.1) is 0 Å². The zero-order valence-electron chi connectivity index (χ0n) is 10.5. The highest BCUT2D eigenvalue weighted by Gasteiger charge is 2.31. The highest BCUT2D eigenvalue weighted by Crippen LogP contribution is 2.42. The van der Waals surface area contributed by atoms with Gasteiger partial charge in [0.2, 0.25) is 0 Å². The van der Waals surface area contributed by atoms with Gasteiger partial charge in [-0.2, -0.15) is 0 Å². The van der Waals surface area contributed by atoms with E-state index in [4.69, 9.17) is 0 Å². The van der Waals surface area contributed by atoms with Crippen LogP contribution in [0.5, 0.6) is 0 Å². The maximum absolute atomic E-state index is 9.37. The van der Waals surface area contributed by atoms with Crippen molar-refractivity contribution < 1.29 is 5.11 Å². The summed E-state index contributed by atoms with van der Waals surface area (Å²) in [4.78, 5) is 0. The number of aliphatic hydroxyl groups is 1. The van der Waals surface area contributed by atoms with E-state index in [0.717, 1.165) is 23.5 Å². The molecule has 1 aromatic heterocycles. The van der Waals surface area contributed by atoms with Crippen molar-refractivity contribution >= 4 is 0 Å². The van der Waals surface area contributed by atoms with Crippen molar-refractivity contribution in [2.75, 3.05) is 0 Å². The molecule has 0 amide bonds. The van der Waals surface area contributed by atoms with Gasteiger partial charge >= 0.3 is 0 Å². The standard InChI is InChI=1S/C14H17N3O/c1-2-10-5-3-4-6-13(10)17-14(11-7-8-11)12(9-18)15-16-17/h3-6,11,18H,2,7-9H2,1H3. The zero-order valence-corrected chi connectivity index (χ0v) is 10.5. The van der Waals surface area contributed by atoms with Gasteiger partial charge in [0.15, 0.2) is 0 Å². The van der Waals surface area contributed by atoms with Crippen molar-refractivity contribution in [2.24, 2.45) is 0 Å². The smallest absolute Gasteiger partial charge is 0.112 e. The molecule has 1 aliphatic rings. The average Bonchev–Trinajstić information content (AvgIpc) is 3.17. The molecule has 4 nitrogen and oxygen atoms in total. The van der Waals surface area contributed by atoms with Crippen LogP contribution in [0.3, 0.4) is 0 Å². The second kappa shape index (κ2) is 4.53. The molecule has 0 bridgehead atoms. The van der Waals surface area contributed by atoms with Crippen molar-refractivity contribution in [3.05, 3.63) is 41.2 Å². The normalized spacial score (nSPS) is 15.0. The zero-order chi connectivity index (χ0) is 12.5. The molecule has 0 radical (unpaired) electrons. The van der Waals surface area contributed by atoms with Gasteiger partial charge in [0.05, 0.1) is 18.0 Å². The van der Waals surface area contributed by atoms with Gasteiger partial charge in [0, 0.05) is 5.92 Å². The Bertz CT molecular complexity index is 558. The Labute approximate surface area is 106 Å². The molecule has 0 atom stereocenters. The lowest BCUT2D eigenvalue weighted by Crippen LogP contribution is -2.05. The van der Waals surface area contributed by atoms with E-state index < -0.39 is 0 Å². The molecule has 1 aromatic carbocycles. The van der Waals surface area contributed by atoms with E-state index in [1.165, 1.54) is 18.4 Å². The minimum Gasteiger partial charge on any atom is -0.390 e. The van der Waals surface area contributed by atoms with Crippen molar-refractivity contribution in [1.82, 2.24) is 15.0 Å². The number of aliphatic hydroxyl groups excluding tert-OH is 1. The van der Waals surface area contributed by atoms with Crippen LogP contribution >= 0.6 is 0 Å². The second-order valence-corrected chi connectivity index (χ2v) is 4.75. The first-order chi connectivity index (χ1) is 8.85. The summed E-state index contributed by atoms with van der Waals surface area (Å²) in [6.07, 6.45) is 3.32. The SMILES string of the molecule is CCc1ccccc1-n1nnc(CO)c1C1CC1. The number of rotatable bonds is 4. The largest absolute Gasteiger partial charge is 0.390 e. The summed E-state index contributed by atoms with van der Waals surface area (Å²) in [7, 11) is 0. The average molecular weight is 243 g/mol. The Morgan fingerprint density at radius 2 is 2.11 bits per heavy atom. The number of para-hydroxylation sites is 1. The van der Waals surface area contributed by atoms with E-state index >= 15 is 0 Å². The Kier molecular flexibility index (Phi) is 2.88. The Balaban J connectivity index is 2.13. The second-order valence-electron chi connectivity index (χ2n) is 4.75. The maximum atomic E-state index is 9.37. The number of aryl methyl sites for hydroxylation is 1. The van der Waals surface area contributed by atoms with Gasteiger partial charge in [-0.25, -0.2) is 4.68 Å². The molecule has 0 saturated heterocycles. The van der Waals surface area contributed by atoms with E-state index in [0.29, 0.717) is 5.92 Å². The molecular formula is C14H17N3O. The first-order valence-corrected chi connectivity index (χ1v) is 6.48. The first kappa shape index (κ1) is 11.4. The summed E-state index contributed by atoms with van der Waals surface area (Å²) in [6, 6.07) is 8.25. The summed E-state index contributed by atoms with van der Waals surface area (Å²) < 4.78 is 1.92. The van der Waals surface area contributed by atoms with Gasteiger partial charge in [-0.05, 0) is 30.9 Å². The third-order valence-electron chi connectivity index (χ3n) is 3.49. The number of benzene rings is 1. The van der Waals surface area contributed by atoms with Crippen LogP contribution < -0.4 is 0 Å². The lowest BCUT2D eigenvalue weighted by molar-refractivity contribution is 0.275. The van der Waals surface area contributed by atoms with Crippen LogP contribution in [0.15, 0.2) is 24.3 Å². The third-order valence-corrected chi connectivity index (χ3v) is 3.49. The maximum Gasteiger partial charge on any atom is 0.112 e. The molecule has 3 rings (SSSR count). The van der Waals surface area contributed by atoms with Gasteiger partial charge < -0.3 is 5.11 Å². The van der Waals surface area contributed by atoms with Crippen LogP contribution in [-0.2, 0) is 13.0 Å². The van der Waals surface area contributed by atoms with Crippen LogP contribution in [-0.4, -0.2) is 20.1 Å². The summed E-state index contributed by atoms with van der Waals surface area (Å²) in [6.45, 7) is 2.11. The molecule has 1 fully saturated rings. The van der Waals surface area contributed by atoms with Crippen molar-refractivity contribution in [1.29, 1.82) is 0 Å². The van der Waals surface area contributed by atoms with E-state index in [-0.39, 0.29) is 6.61 Å². The minimum absolute atomic E-state index is 0.0277. The van der Waals surface area contributed by atoms with Gasteiger partial charge in [0.1, 0.15) is 5.69 Å². The van der Waals surface area contributed by atoms with E-state index in [9.17, 15) is 5.11 Å². The number of aromatic nitrogens is 3. The van der Waals surface area contributed by atoms with E-state index in [1.807, 2.05) is 16.8 Å². The molecule has 1 heterocycles. The number of nitrogens with zero attached hydrogens (tertiary/aromatic N) is 3. The summed E-state index contributed by atoms with van der Waals surface area (Å²) in [5.41, 5.74) is 4.17. The quantitative estimate of drug-likeness (QED) is 0.895. The highest BCUT2D eigenvalue weighted by molar-refractivity contribution is 5.43. The van der Waals surface area contributed by atoms with Gasteiger partial charge in [-0.1, -0.05) is 30.3 Å². The fraction of sp³-hybridized carbons (Fsp3) is 0.429. The molecule has 4 heteroatoms. The van der Waals surface area contributed by atoms with Crippen LogP contribution in [0.1, 0.15) is 42.6 Å². The molecule has 1 N–H and O–H groups in total. The number of hydrogen-bond donors (Lipinski definition) is 1.